The molecule has 2 atom stereocenters. The number of carboxylic acid groups (broad SMARTS) is 1. The second-order valence-electron chi connectivity index (χ2n) is 17.0. The van der Waals surface area contributed by atoms with Gasteiger partial charge < -0.3 is 19.3 Å². The van der Waals surface area contributed by atoms with Crippen molar-refractivity contribution in [1.82, 2.24) is 0 Å². The van der Waals surface area contributed by atoms with Crippen LogP contribution < -0.4 is 4.90 Å². The minimum Gasteiger partial charge on any atom is -0.744 e. The molecule has 0 amide bonds. The van der Waals surface area contributed by atoms with E-state index in [1.807, 2.05) is 23.3 Å². The number of methoxy groups -OCH3 is 1. The van der Waals surface area contributed by atoms with Crippen molar-refractivity contribution in [3.8, 4) is 0 Å². The van der Waals surface area contributed by atoms with Gasteiger partial charge in [-0.3, -0.25) is 23.0 Å². The Balaban J connectivity index is 1.65. The lowest BCUT2D eigenvalue weighted by Gasteiger charge is -2.30. The first-order chi connectivity index (χ1) is 31.4. The number of allylic oxidation sites excluding steroid dienone is 4. The second-order valence-corrected chi connectivity index (χ2v) is 24.2. The predicted octanol–water partition coefficient (Wildman–Crippen LogP) is 5.58. The number of ether oxygens (including phenoxy) is 1. The number of rotatable bonds is 20. The first kappa shape index (κ1) is 52.7. The molecule has 4 aromatic rings. The van der Waals surface area contributed by atoms with Crippen LogP contribution in [0.4, 0.5) is 11.4 Å². The Morgan fingerprint density at radius 1 is 0.735 bits per heavy atom. The maximum absolute atomic E-state index is 12.7. The Labute approximate surface area is 394 Å². The Bertz CT molecular complexity index is 3420. The molecule has 68 heavy (non-hydrogen) atoms. The summed E-state index contributed by atoms with van der Waals surface area (Å²) >= 11 is 0. The molecule has 0 aliphatic carbocycles. The summed E-state index contributed by atoms with van der Waals surface area (Å²) in [6.45, 7) is 5.93. The summed E-state index contributed by atoms with van der Waals surface area (Å²) in [6.07, 6.45) is 5.99. The van der Waals surface area contributed by atoms with Crippen molar-refractivity contribution in [3.63, 3.8) is 0 Å². The van der Waals surface area contributed by atoms with Gasteiger partial charge in [-0.25, -0.2) is 8.42 Å². The number of hydrogen-bond donors (Lipinski definition) is 5. The van der Waals surface area contributed by atoms with Gasteiger partial charge in [0, 0.05) is 78.4 Å². The number of aliphatic carboxylic acids is 1. The van der Waals surface area contributed by atoms with Crippen molar-refractivity contribution in [2.75, 3.05) is 37.5 Å². The molecule has 2 aliphatic rings. The lowest BCUT2D eigenvalue weighted by molar-refractivity contribution is -0.438. The maximum Gasteiger partial charge on any atom is 0.303 e. The number of benzene rings is 4. The van der Waals surface area contributed by atoms with E-state index in [4.69, 9.17) is 4.74 Å². The van der Waals surface area contributed by atoms with Gasteiger partial charge in [-0.15, -0.1) is 0 Å². The molecule has 0 aromatic heterocycles. The summed E-state index contributed by atoms with van der Waals surface area (Å²) in [5, 5.41) is 9.06. The molecule has 0 saturated heterocycles. The summed E-state index contributed by atoms with van der Waals surface area (Å²) in [5.41, 5.74) is 0.116. The average molecular weight is 1040 g/mol. The number of unbranched alkanes of at least 4 members (excludes halogenated alkanes) is 2. The predicted molar refractivity (Wildman–Crippen MR) is 248 cm³/mol. The molecule has 6 rings (SSSR count). The third-order valence-electron chi connectivity index (χ3n) is 12.6. The van der Waals surface area contributed by atoms with Gasteiger partial charge in [0.15, 0.2) is 5.71 Å². The molecule has 0 fully saturated rings. The van der Waals surface area contributed by atoms with E-state index in [2.05, 4.69) is 0 Å². The van der Waals surface area contributed by atoms with Gasteiger partial charge in [0.1, 0.15) is 21.6 Å². The standard InChI is InChI=1S/C43H50N2O18S5/c1-5-44-33-16-14-29-31(23-27(65(51,52)53)25-35(29)67(57,58)59)40(33)43(3,19-21-63-4)37(44)11-9-12-38-42(2,18-10-22-64(48,49)50)41-32-24-28(66(54,55)56)26-36(68(60,61)62)30(32)15-17-34(41)45(38)20-8-6-7-13-39(46)47/h9,11-12,14-17,23-26H,5-8,10,13,18-22H2,1-4H3,(H5-,46,47,48,49,50,51,52,53,54,55,56,57,58,59,60,61,62). The van der Waals surface area contributed by atoms with Gasteiger partial charge in [0.05, 0.1) is 25.9 Å². The topological polar surface area (TPSA) is 327 Å². The quantitative estimate of drug-likeness (QED) is 0.0410. The van der Waals surface area contributed by atoms with E-state index < -0.39 is 92.7 Å². The van der Waals surface area contributed by atoms with Crippen molar-refractivity contribution >= 4 is 95.2 Å². The van der Waals surface area contributed by atoms with E-state index in [1.165, 1.54) is 25.3 Å². The van der Waals surface area contributed by atoms with E-state index in [1.54, 1.807) is 31.2 Å². The minimum absolute atomic E-state index is 0.0358. The lowest BCUT2D eigenvalue weighted by Crippen LogP contribution is -2.32. The normalized spacial score (nSPS) is 19.8. The van der Waals surface area contributed by atoms with E-state index in [0.29, 0.717) is 66.3 Å². The molecule has 2 heterocycles. The summed E-state index contributed by atoms with van der Waals surface area (Å²) in [4.78, 5) is 9.82. The van der Waals surface area contributed by atoms with Crippen LogP contribution in [-0.2, 0) is 71.0 Å². The Hall–Kier alpha value is -4.67. The number of carboxylic acids is 1. The zero-order valence-electron chi connectivity index (χ0n) is 37.1. The van der Waals surface area contributed by atoms with Crippen LogP contribution in [0.1, 0.15) is 76.8 Å². The monoisotopic (exact) mass is 1040 g/mol. The van der Waals surface area contributed by atoms with Crippen LogP contribution in [0.25, 0.3) is 21.5 Å². The molecule has 0 radical (unpaired) electrons. The number of anilines is 1. The van der Waals surface area contributed by atoms with E-state index in [-0.39, 0.29) is 65.9 Å². The summed E-state index contributed by atoms with van der Waals surface area (Å²) < 4.78 is 185. The molecule has 2 unspecified atom stereocenters. The highest BCUT2D eigenvalue weighted by atomic mass is 32.2. The first-order valence-corrected chi connectivity index (χ1v) is 28.3. The number of carbonyl (C=O) groups is 1. The Morgan fingerprint density at radius 2 is 1.32 bits per heavy atom. The first-order valence-electron chi connectivity index (χ1n) is 21.0. The summed E-state index contributed by atoms with van der Waals surface area (Å²) in [7, 11) is -23.7. The summed E-state index contributed by atoms with van der Waals surface area (Å²) in [6, 6.07) is 9.17. The van der Waals surface area contributed by atoms with Crippen LogP contribution in [0.2, 0.25) is 0 Å². The molecule has 5 N–H and O–H groups in total. The highest BCUT2D eigenvalue weighted by Gasteiger charge is 2.49. The lowest BCUT2D eigenvalue weighted by atomic mass is 9.74. The van der Waals surface area contributed by atoms with Crippen LogP contribution in [0.3, 0.4) is 0 Å². The highest BCUT2D eigenvalue weighted by Crippen LogP contribution is 2.54. The van der Waals surface area contributed by atoms with Gasteiger partial charge in [-0.1, -0.05) is 12.1 Å². The fraction of sp³-hybridized carbons (Fsp3) is 0.395. The van der Waals surface area contributed by atoms with Crippen LogP contribution >= 0.6 is 0 Å². The fourth-order valence-corrected chi connectivity index (χ4v) is 12.8. The highest BCUT2D eigenvalue weighted by molar-refractivity contribution is 7.87. The molecule has 0 spiro atoms. The SMILES string of the molecule is CCN1C(=CC=CC2=[N+](CCCCCC(=O)O)c3ccc4c(S(=O)(=O)[O-])cc(S(=O)(=O)O)cc4c3C2(C)CCCS(=O)(=O)O)C(C)(CCOC)c2c1ccc1c(S(=O)(=O)O)cc(S(=O)(=O)O)cc21. The number of likely N-dealkylation sites (N-methyl/N-ethyl adjacent to an activating group) is 1. The van der Waals surface area contributed by atoms with E-state index in [9.17, 15) is 74.8 Å². The van der Waals surface area contributed by atoms with Gasteiger partial charge in [0.2, 0.25) is 5.69 Å². The largest absolute Gasteiger partial charge is 0.744 e. The van der Waals surface area contributed by atoms with Gasteiger partial charge >= 0.3 is 5.97 Å². The zero-order chi connectivity index (χ0) is 50.6. The van der Waals surface area contributed by atoms with Gasteiger partial charge in [-0.05, 0) is 112 Å². The summed E-state index contributed by atoms with van der Waals surface area (Å²) in [5.74, 6) is -1.72. The molecule has 4 aromatic carbocycles. The third-order valence-corrected chi connectivity index (χ3v) is 16.9. The van der Waals surface area contributed by atoms with Gasteiger partial charge in [0.25, 0.3) is 40.5 Å². The van der Waals surface area contributed by atoms with Crippen molar-refractivity contribution in [1.29, 1.82) is 0 Å². The van der Waals surface area contributed by atoms with Crippen LogP contribution in [0.15, 0.2) is 92.0 Å². The minimum atomic E-state index is -5.39. The van der Waals surface area contributed by atoms with Crippen molar-refractivity contribution in [2.24, 2.45) is 0 Å². The molecule has 0 bridgehead atoms. The Morgan fingerprint density at radius 3 is 1.87 bits per heavy atom. The molecule has 2 aliphatic heterocycles. The smallest absolute Gasteiger partial charge is 0.303 e. The van der Waals surface area contributed by atoms with Crippen LogP contribution in [-0.4, -0.2) is 119 Å². The number of fused-ring (bicyclic) bond motifs is 6. The second kappa shape index (κ2) is 18.9. The van der Waals surface area contributed by atoms with Gasteiger partial charge in [-0.2, -0.15) is 38.2 Å². The number of nitrogens with zero attached hydrogens (tertiary/aromatic N) is 2. The van der Waals surface area contributed by atoms with Crippen molar-refractivity contribution in [2.45, 2.75) is 96.1 Å². The Kier molecular flexibility index (Phi) is 14.7. The van der Waals surface area contributed by atoms with Crippen molar-refractivity contribution in [3.05, 3.63) is 83.6 Å². The van der Waals surface area contributed by atoms with E-state index >= 15 is 0 Å². The van der Waals surface area contributed by atoms with Crippen LogP contribution in [0, 0.1) is 0 Å². The zero-order valence-corrected chi connectivity index (χ0v) is 41.2. The van der Waals surface area contributed by atoms with E-state index in [0.717, 1.165) is 12.1 Å². The van der Waals surface area contributed by atoms with Crippen molar-refractivity contribution < 1.29 is 84.1 Å². The molecular formula is C43H50N2O18S5. The van der Waals surface area contributed by atoms with Crippen LogP contribution in [0.5, 0.6) is 0 Å². The number of hydrogen-bond acceptors (Lipinski definition) is 14. The third kappa shape index (κ3) is 10.4. The average Bonchev–Trinajstić information content (AvgIpc) is 3.60. The maximum atomic E-state index is 12.7. The molecule has 370 valence electrons. The molecule has 0 saturated carbocycles. The fourth-order valence-electron chi connectivity index (χ4n) is 9.67. The molecule has 20 nitrogen and oxygen atoms in total. The molecule has 25 heteroatoms. The molecular weight excluding hydrogens is 993 g/mol.